The van der Waals surface area contributed by atoms with Gasteiger partial charge < -0.3 is 35.3 Å². The first-order valence-electron chi connectivity index (χ1n) is 8.58. The summed E-state index contributed by atoms with van der Waals surface area (Å²) in [7, 11) is -4.92. The van der Waals surface area contributed by atoms with Crippen LogP contribution in [0.5, 0.6) is 5.75 Å². The van der Waals surface area contributed by atoms with Crippen molar-refractivity contribution in [2.24, 2.45) is 5.16 Å². The molecule has 5 unspecified atom stereocenters. The van der Waals surface area contributed by atoms with Crippen LogP contribution in [0.2, 0.25) is 0 Å². The monoisotopic (exact) mass is 464 g/mol. The Morgan fingerprint density at radius 2 is 1.97 bits per heavy atom. The molecular weight excluding hydrogens is 444 g/mol. The Labute approximate surface area is 174 Å². The molecule has 2 heterocycles. The minimum absolute atomic E-state index is 0.0178. The van der Waals surface area contributed by atoms with Gasteiger partial charge in [0.1, 0.15) is 40.6 Å². The third kappa shape index (κ3) is 5.22. The van der Waals surface area contributed by atoms with Crippen molar-refractivity contribution in [3.05, 3.63) is 30.0 Å². The third-order valence-corrected chi connectivity index (χ3v) is 5.75. The maximum absolute atomic E-state index is 10.9. The van der Waals surface area contributed by atoms with Crippen LogP contribution in [-0.2, 0) is 25.8 Å². The zero-order valence-corrected chi connectivity index (χ0v) is 16.8. The highest BCUT2D eigenvalue weighted by Crippen LogP contribution is 2.31. The van der Waals surface area contributed by atoms with Gasteiger partial charge in [0.25, 0.3) is 0 Å². The summed E-state index contributed by atoms with van der Waals surface area (Å²) in [6.07, 6.45) is -6.07. The maximum Gasteiger partial charge on any atom is 0.466 e. The molecule has 0 radical (unpaired) electrons. The summed E-state index contributed by atoms with van der Waals surface area (Å²) in [5, 5.41) is 52.9. The lowest BCUT2D eigenvalue weighted by Gasteiger charge is -2.39. The second-order valence-corrected chi connectivity index (χ2v) is 8.69. The van der Waals surface area contributed by atoms with Gasteiger partial charge in [0.15, 0.2) is 0 Å². The summed E-state index contributed by atoms with van der Waals surface area (Å²) in [6.45, 7) is -0.642. The van der Waals surface area contributed by atoms with E-state index in [1.54, 1.807) is 18.2 Å². The van der Waals surface area contributed by atoms with Gasteiger partial charge in [-0.2, -0.15) is 8.42 Å². The van der Waals surface area contributed by atoms with Crippen molar-refractivity contribution in [3.8, 4) is 5.75 Å². The number of nitrogens with one attached hydrogen (secondary N) is 1. The lowest BCUT2D eigenvalue weighted by atomic mass is 10.0. The van der Waals surface area contributed by atoms with Crippen LogP contribution in [0.4, 0.5) is 0 Å². The molecular formula is C16H20N2O10S2. The number of H-pyrrole nitrogens is 1. The fourth-order valence-electron chi connectivity index (χ4n) is 2.94. The van der Waals surface area contributed by atoms with Crippen LogP contribution in [-0.4, -0.2) is 85.0 Å². The molecule has 2 aromatic rings. The quantitative estimate of drug-likeness (QED) is 0.121. The van der Waals surface area contributed by atoms with E-state index in [0.717, 1.165) is 0 Å². The van der Waals surface area contributed by atoms with E-state index in [1.165, 1.54) is 6.07 Å². The van der Waals surface area contributed by atoms with Crippen LogP contribution in [0.15, 0.2) is 29.4 Å². The van der Waals surface area contributed by atoms with E-state index in [-0.39, 0.29) is 17.2 Å². The Morgan fingerprint density at radius 3 is 2.60 bits per heavy atom. The van der Waals surface area contributed by atoms with Crippen molar-refractivity contribution in [2.75, 3.05) is 6.61 Å². The summed E-state index contributed by atoms with van der Waals surface area (Å²) >= 11 is 0.661. The predicted octanol–water partition coefficient (Wildman–Crippen LogP) is -0.918. The normalized spacial score (nSPS) is 28.0. The van der Waals surface area contributed by atoms with Crippen molar-refractivity contribution in [2.45, 2.75) is 36.3 Å². The molecule has 1 aromatic carbocycles. The Bertz CT molecular complexity index is 1020. The second kappa shape index (κ2) is 9.07. The van der Waals surface area contributed by atoms with E-state index in [4.69, 9.17) is 9.29 Å². The molecule has 12 nitrogen and oxygen atoms in total. The summed E-state index contributed by atoms with van der Waals surface area (Å²) in [4.78, 5) is 2.99. The molecule has 30 heavy (non-hydrogen) atoms. The van der Waals surface area contributed by atoms with Crippen molar-refractivity contribution < 1.29 is 47.5 Å². The third-order valence-electron chi connectivity index (χ3n) is 4.37. The highest BCUT2D eigenvalue weighted by atomic mass is 32.3. The maximum atomic E-state index is 10.9. The molecule has 0 spiro atoms. The number of aromatic nitrogens is 1. The number of phenols is 1. The lowest BCUT2D eigenvalue weighted by Crippen LogP contribution is -2.57. The van der Waals surface area contributed by atoms with Crippen LogP contribution in [0.3, 0.4) is 0 Å². The molecule has 1 aliphatic rings. The summed E-state index contributed by atoms with van der Waals surface area (Å²) in [6, 6.07) is 6.40. The molecule has 0 bridgehead atoms. The number of oxime groups is 1. The first-order chi connectivity index (χ1) is 14.1. The fourth-order valence-corrected chi connectivity index (χ4v) is 4.26. The SMILES string of the molecule is O=S(=O)(O)ON=C(Cc1cc2c(O)cccc2[nH]1)SC1OC(CO)C(O)C(O)C1O. The molecule has 1 fully saturated rings. The van der Waals surface area contributed by atoms with Crippen molar-refractivity contribution in [1.29, 1.82) is 0 Å². The number of rotatable bonds is 6. The summed E-state index contributed by atoms with van der Waals surface area (Å²) in [5.74, 6) is 0.0178. The number of aliphatic hydroxyl groups is 4. The second-order valence-electron chi connectivity index (χ2n) is 6.51. The summed E-state index contributed by atoms with van der Waals surface area (Å²) in [5.41, 5.74) is -0.179. The zero-order valence-electron chi connectivity index (χ0n) is 15.2. The molecule has 166 valence electrons. The Balaban J connectivity index is 1.86. The topological polar surface area (TPSA) is 202 Å². The van der Waals surface area contributed by atoms with Crippen LogP contribution in [0, 0.1) is 0 Å². The van der Waals surface area contributed by atoms with Gasteiger partial charge in [-0.25, -0.2) is 4.28 Å². The zero-order chi connectivity index (χ0) is 22.1. The van der Waals surface area contributed by atoms with Gasteiger partial charge in [0.2, 0.25) is 0 Å². The molecule has 0 aliphatic carbocycles. The fraction of sp³-hybridized carbons (Fsp3) is 0.438. The number of hydrogen-bond acceptors (Lipinski definition) is 11. The summed E-state index contributed by atoms with van der Waals surface area (Å²) < 4.78 is 40.1. The number of aromatic amines is 1. The Hall–Kier alpha value is -1.91. The van der Waals surface area contributed by atoms with E-state index in [2.05, 4.69) is 14.4 Å². The van der Waals surface area contributed by atoms with E-state index in [1.807, 2.05) is 0 Å². The van der Waals surface area contributed by atoms with Gasteiger partial charge in [0, 0.05) is 23.0 Å². The van der Waals surface area contributed by atoms with E-state index < -0.39 is 46.9 Å². The number of hydrogen-bond donors (Lipinski definition) is 7. The number of aliphatic hydroxyl groups excluding tert-OH is 4. The van der Waals surface area contributed by atoms with Gasteiger partial charge in [-0.15, -0.1) is 0 Å². The predicted molar refractivity (Wildman–Crippen MR) is 105 cm³/mol. The lowest BCUT2D eigenvalue weighted by molar-refractivity contribution is -0.205. The molecule has 5 atom stereocenters. The molecule has 14 heteroatoms. The minimum Gasteiger partial charge on any atom is -0.507 e. The first kappa shape index (κ1) is 22.8. The number of phenolic OH excluding ortho intramolecular Hbond substituents is 1. The average Bonchev–Trinajstić information content (AvgIpc) is 3.10. The van der Waals surface area contributed by atoms with Crippen molar-refractivity contribution >= 4 is 38.1 Å². The Kier molecular flexibility index (Phi) is 6.88. The molecule has 3 rings (SSSR count). The largest absolute Gasteiger partial charge is 0.507 e. The van der Waals surface area contributed by atoms with Crippen molar-refractivity contribution in [1.82, 2.24) is 4.98 Å². The smallest absolute Gasteiger partial charge is 0.466 e. The Morgan fingerprint density at radius 1 is 1.23 bits per heavy atom. The molecule has 0 saturated carbocycles. The standard InChI is InChI=1S/C16H20N2O10S2/c19-6-11-13(21)14(22)15(23)16(27-11)29-12(18-28-30(24,25)26)5-7-4-8-9(17-7)2-1-3-10(8)20/h1-4,11,13-17,19-23H,5-6H2,(H,24,25,26). The van der Waals surface area contributed by atoms with Gasteiger partial charge in [0.05, 0.1) is 6.61 Å². The molecule has 1 aromatic heterocycles. The van der Waals surface area contributed by atoms with Crippen molar-refractivity contribution in [3.63, 3.8) is 0 Å². The number of thioether (sulfide) groups is 1. The minimum atomic E-state index is -4.92. The van der Waals surface area contributed by atoms with E-state index in [9.17, 15) is 34.0 Å². The van der Waals surface area contributed by atoms with E-state index >= 15 is 0 Å². The number of fused-ring (bicyclic) bond motifs is 1. The van der Waals surface area contributed by atoms with Gasteiger partial charge in [-0.1, -0.05) is 23.0 Å². The van der Waals surface area contributed by atoms with Gasteiger partial charge >= 0.3 is 10.4 Å². The van der Waals surface area contributed by atoms with Crippen LogP contribution >= 0.6 is 11.8 Å². The van der Waals surface area contributed by atoms with Gasteiger partial charge in [-0.3, -0.25) is 4.55 Å². The number of nitrogens with zero attached hydrogens (tertiary/aromatic N) is 1. The highest BCUT2D eigenvalue weighted by molar-refractivity contribution is 8.14. The number of aromatic hydroxyl groups is 1. The molecule has 1 aliphatic heterocycles. The average molecular weight is 464 g/mol. The van der Waals surface area contributed by atoms with Crippen LogP contribution in [0.1, 0.15) is 5.69 Å². The number of ether oxygens (including phenoxy) is 1. The van der Waals surface area contributed by atoms with Gasteiger partial charge in [-0.05, 0) is 18.2 Å². The van der Waals surface area contributed by atoms with E-state index in [0.29, 0.717) is 28.4 Å². The highest BCUT2D eigenvalue weighted by Gasteiger charge is 2.44. The van der Waals surface area contributed by atoms with Crippen LogP contribution in [0.25, 0.3) is 10.9 Å². The molecule has 7 N–H and O–H groups in total. The molecule has 1 saturated heterocycles. The first-order valence-corrected chi connectivity index (χ1v) is 10.8. The molecule has 0 amide bonds. The van der Waals surface area contributed by atoms with Crippen LogP contribution < -0.4 is 0 Å². The number of benzene rings is 1.